The van der Waals surface area contributed by atoms with Gasteiger partial charge >= 0.3 is 6.09 Å². The van der Waals surface area contributed by atoms with Crippen molar-refractivity contribution in [1.29, 1.82) is 0 Å². The van der Waals surface area contributed by atoms with E-state index >= 15 is 0 Å². The van der Waals surface area contributed by atoms with Crippen molar-refractivity contribution < 1.29 is 19.1 Å². The van der Waals surface area contributed by atoms with Crippen molar-refractivity contribution in [2.75, 3.05) is 17.6 Å². The molecule has 0 heterocycles. The van der Waals surface area contributed by atoms with Crippen LogP contribution in [0.4, 0.5) is 10.5 Å². The number of rotatable bonds is 14. The minimum atomic E-state index is -0.984. The quantitative estimate of drug-likeness (QED) is 0.162. The molecule has 2 aromatic carbocycles. The smallest absolute Gasteiger partial charge is 0.408 e. The molecule has 3 amide bonds. The molecule has 0 spiro atoms. The van der Waals surface area contributed by atoms with Gasteiger partial charge in [0.1, 0.15) is 17.7 Å². The molecule has 2 aromatic rings. The Labute approximate surface area is 251 Å². The minimum absolute atomic E-state index is 0.0440. The van der Waals surface area contributed by atoms with Crippen molar-refractivity contribution in [2.24, 2.45) is 0 Å². The van der Waals surface area contributed by atoms with Crippen LogP contribution in [0.2, 0.25) is 0 Å². The van der Waals surface area contributed by atoms with Crippen LogP contribution >= 0.6 is 12.6 Å². The predicted molar refractivity (Wildman–Crippen MR) is 171 cm³/mol. The average Bonchev–Trinajstić information content (AvgIpc) is 2.91. The van der Waals surface area contributed by atoms with E-state index in [1.807, 2.05) is 56.3 Å². The van der Waals surface area contributed by atoms with Gasteiger partial charge in [-0.25, -0.2) is 4.79 Å². The Balaban J connectivity index is 2.55. The topological polar surface area (TPSA) is 87.7 Å². The van der Waals surface area contributed by atoms with Crippen molar-refractivity contribution in [3.63, 3.8) is 0 Å². The van der Waals surface area contributed by atoms with Crippen molar-refractivity contribution in [2.45, 2.75) is 91.3 Å². The zero-order valence-corrected chi connectivity index (χ0v) is 26.4. The predicted octanol–water partition coefficient (Wildman–Crippen LogP) is 7.25. The van der Waals surface area contributed by atoms with Gasteiger partial charge < -0.3 is 20.3 Å². The highest BCUT2D eigenvalue weighted by molar-refractivity contribution is 7.80. The van der Waals surface area contributed by atoms with Gasteiger partial charge in [-0.2, -0.15) is 12.6 Å². The van der Waals surface area contributed by atoms with Crippen LogP contribution in [0.5, 0.6) is 0 Å². The van der Waals surface area contributed by atoms with Gasteiger partial charge in [0.25, 0.3) is 5.91 Å². The molecule has 0 saturated carbocycles. The number of alkyl carbamates (subject to hydrolysis) is 1. The van der Waals surface area contributed by atoms with Gasteiger partial charge in [0, 0.05) is 18.0 Å². The van der Waals surface area contributed by atoms with Crippen molar-refractivity contribution in [3.05, 3.63) is 71.3 Å². The third-order valence-corrected chi connectivity index (χ3v) is 7.07. The van der Waals surface area contributed by atoms with Gasteiger partial charge in [-0.1, -0.05) is 81.7 Å². The zero-order chi connectivity index (χ0) is 30.6. The highest BCUT2D eigenvalue weighted by atomic mass is 32.1. The second-order valence-corrected chi connectivity index (χ2v) is 11.7. The van der Waals surface area contributed by atoms with Crippen molar-refractivity contribution in [3.8, 4) is 0 Å². The molecule has 0 aliphatic heterocycles. The summed E-state index contributed by atoms with van der Waals surface area (Å²) in [6, 6.07) is 11.4. The Kier molecular flexibility index (Phi) is 13.5. The summed E-state index contributed by atoms with van der Waals surface area (Å²) in [5.41, 5.74) is 3.33. The number of anilines is 1. The molecule has 0 aliphatic carbocycles. The molecule has 0 radical (unpaired) electrons. The summed E-state index contributed by atoms with van der Waals surface area (Å²) < 4.78 is 5.41. The van der Waals surface area contributed by atoms with Crippen LogP contribution in [-0.4, -0.2) is 46.7 Å². The van der Waals surface area contributed by atoms with Gasteiger partial charge in [0.2, 0.25) is 5.91 Å². The fraction of sp³-hybridized carbons (Fsp3) is 0.485. The number of carbonyl (C=O) groups is 3. The molecule has 2 N–H and O–H groups in total. The lowest BCUT2D eigenvalue weighted by Gasteiger charge is -2.34. The zero-order valence-electron chi connectivity index (χ0n) is 25.5. The number of para-hydroxylation sites is 1. The molecule has 0 aliphatic rings. The molecule has 0 aromatic heterocycles. The Bertz CT molecular complexity index is 1170. The second-order valence-electron chi connectivity index (χ2n) is 11.4. The summed E-state index contributed by atoms with van der Waals surface area (Å²) in [6.07, 6.45) is 5.87. The van der Waals surface area contributed by atoms with Crippen LogP contribution < -0.4 is 10.6 Å². The third-order valence-electron chi connectivity index (χ3n) is 6.71. The minimum Gasteiger partial charge on any atom is -0.444 e. The van der Waals surface area contributed by atoms with Crippen LogP contribution in [0, 0.1) is 13.8 Å². The average molecular weight is 582 g/mol. The maximum Gasteiger partial charge on any atom is 0.408 e. The lowest BCUT2D eigenvalue weighted by atomic mass is 9.99. The number of thiol groups is 1. The molecule has 8 heteroatoms. The first-order valence-corrected chi connectivity index (χ1v) is 15.0. The van der Waals surface area contributed by atoms with Gasteiger partial charge in [-0.05, 0) is 69.4 Å². The number of hydrogen-bond acceptors (Lipinski definition) is 5. The van der Waals surface area contributed by atoms with Gasteiger partial charge in [0.15, 0.2) is 0 Å². The highest BCUT2D eigenvalue weighted by Gasteiger charge is 2.36. The van der Waals surface area contributed by atoms with E-state index in [0.717, 1.165) is 48.1 Å². The first-order valence-electron chi connectivity index (χ1n) is 14.4. The number of benzene rings is 2. The van der Waals surface area contributed by atoms with E-state index in [0.29, 0.717) is 18.5 Å². The highest BCUT2D eigenvalue weighted by Crippen LogP contribution is 2.28. The van der Waals surface area contributed by atoms with Gasteiger partial charge in [-0.15, -0.1) is 0 Å². The fourth-order valence-corrected chi connectivity index (χ4v) is 4.87. The van der Waals surface area contributed by atoms with Crippen molar-refractivity contribution in [1.82, 2.24) is 10.2 Å². The van der Waals surface area contributed by atoms with Crippen LogP contribution in [0.3, 0.4) is 0 Å². The largest absolute Gasteiger partial charge is 0.444 e. The van der Waals surface area contributed by atoms with Crippen LogP contribution in [-0.2, 0) is 14.3 Å². The van der Waals surface area contributed by atoms with Gasteiger partial charge in [0.05, 0.1) is 0 Å². The Morgan fingerprint density at radius 2 is 1.66 bits per heavy atom. The number of hydrogen-bond donors (Lipinski definition) is 3. The standard InChI is InChI=1S/C33H47N3O4S/c1-8-10-11-12-13-20-36(31(38)27(22-41)34-32(39)40-33(5,6)7)29(26-19-15-18-25(9-2)21-26)30(37)35-28-23(3)16-14-17-24(28)4/h9,14-19,21,27,29,41H,2,8,10-13,20,22H2,1,3-7H3,(H,34,39)(H,35,37). The molecule has 0 fully saturated rings. The van der Waals surface area contributed by atoms with Crippen molar-refractivity contribution >= 4 is 42.3 Å². The number of nitrogens with zero attached hydrogens (tertiary/aromatic N) is 1. The summed E-state index contributed by atoms with van der Waals surface area (Å²) in [5, 5.41) is 5.77. The Morgan fingerprint density at radius 3 is 2.24 bits per heavy atom. The molecule has 7 nitrogen and oxygen atoms in total. The van der Waals surface area contributed by atoms with E-state index < -0.39 is 29.7 Å². The molecule has 2 unspecified atom stereocenters. The molecular formula is C33H47N3O4S. The molecule has 2 rings (SSSR count). The molecule has 41 heavy (non-hydrogen) atoms. The third kappa shape index (κ3) is 10.6. The summed E-state index contributed by atoms with van der Waals surface area (Å²) in [5.74, 6) is -0.685. The normalized spacial score (nSPS) is 12.7. The molecule has 224 valence electrons. The van der Waals surface area contributed by atoms with E-state index in [4.69, 9.17) is 4.74 Å². The maximum atomic E-state index is 14.2. The van der Waals surface area contributed by atoms with Crippen LogP contribution in [0.25, 0.3) is 6.08 Å². The number of amides is 3. The number of unbranched alkanes of at least 4 members (excludes halogenated alkanes) is 4. The Hall–Kier alpha value is -3.26. The van der Waals surface area contributed by atoms with E-state index in [1.165, 1.54) is 0 Å². The molecule has 2 atom stereocenters. The van der Waals surface area contributed by atoms with E-state index in [2.05, 4.69) is 36.8 Å². The SMILES string of the molecule is C=Cc1cccc(C(C(=O)Nc2c(C)cccc2C)N(CCCCCCC)C(=O)C(CS)NC(=O)OC(C)(C)C)c1. The van der Waals surface area contributed by atoms with E-state index in [1.54, 1.807) is 31.7 Å². The summed E-state index contributed by atoms with van der Waals surface area (Å²) in [4.78, 5) is 42.5. The summed E-state index contributed by atoms with van der Waals surface area (Å²) in [7, 11) is 0. The first kappa shape index (κ1) is 33.9. The maximum absolute atomic E-state index is 14.2. The van der Waals surface area contributed by atoms with E-state index in [-0.39, 0.29) is 11.7 Å². The van der Waals surface area contributed by atoms with Gasteiger partial charge in [-0.3, -0.25) is 9.59 Å². The molecular weight excluding hydrogens is 534 g/mol. The molecule has 0 saturated heterocycles. The number of ether oxygens (including phenoxy) is 1. The number of nitrogens with one attached hydrogen (secondary N) is 2. The number of carbonyl (C=O) groups excluding carboxylic acids is 3. The Morgan fingerprint density at radius 1 is 1.02 bits per heavy atom. The fourth-order valence-electron chi connectivity index (χ4n) is 4.62. The first-order chi connectivity index (χ1) is 19.4. The van der Waals surface area contributed by atoms with Crippen LogP contribution in [0.15, 0.2) is 49.0 Å². The van der Waals surface area contributed by atoms with Crippen LogP contribution in [0.1, 0.15) is 88.1 Å². The lowest BCUT2D eigenvalue weighted by Crippen LogP contribution is -2.53. The lowest BCUT2D eigenvalue weighted by molar-refractivity contribution is -0.140. The monoisotopic (exact) mass is 581 g/mol. The van der Waals surface area contributed by atoms with E-state index in [9.17, 15) is 14.4 Å². The molecule has 0 bridgehead atoms. The summed E-state index contributed by atoms with van der Waals surface area (Å²) in [6.45, 7) is 15.5. The number of aryl methyl sites for hydroxylation is 2. The summed E-state index contributed by atoms with van der Waals surface area (Å²) >= 11 is 4.39. The second kappa shape index (κ2) is 16.2.